The van der Waals surface area contributed by atoms with Gasteiger partial charge in [0, 0.05) is 13.6 Å². The SMILES string of the molecule is COc1ccc(CCN2C(=O)C(C)N(C)C2=O)cc1OC. The van der Waals surface area contributed by atoms with E-state index in [9.17, 15) is 9.59 Å². The predicted molar refractivity (Wildman–Crippen MR) is 77.6 cm³/mol. The van der Waals surface area contributed by atoms with Gasteiger partial charge in [0.25, 0.3) is 5.91 Å². The highest BCUT2D eigenvalue weighted by molar-refractivity contribution is 6.03. The minimum absolute atomic E-state index is 0.150. The number of urea groups is 1. The molecular weight excluding hydrogens is 272 g/mol. The third-order valence-corrected chi connectivity index (χ3v) is 3.81. The molecule has 114 valence electrons. The topological polar surface area (TPSA) is 59.1 Å². The Morgan fingerprint density at radius 3 is 2.33 bits per heavy atom. The molecule has 1 aliphatic heterocycles. The molecular formula is C15H20N2O4. The monoisotopic (exact) mass is 292 g/mol. The number of ether oxygens (including phenoxy) is 2. The van der Waals surface area contributed by atoms with E-state index in [2.05, 4.69) is 0 Å². The number of amides is 3. The smallest absolute Gasteiger partial charge is 0.327 e. The number of imide groups is 1. The van der Waals surface area contributed by atoms with Gasteiger partial charge in [0.15, 0.2) is 11.5 Å². The molecule has 0 aliphatic carbocycles. The van der Waals surface area contributed by atoms with E-state index in [1.807, 2.05) is 18.2 Å². The second-order valence-corrected chi connectivity index (χ2v) is 5.00. The van der Waals surface area contributed by atoms with Crippen LogP contribution in [0, 0.1) is 0 Å². The van der Waals surface area contributed by atoms with Gasteiger partial charge < -0.3 is 14.4 Å². The summed E-state index contributed by atoms with van der Waals surface area (Å²) in [6.45, 7) is 2.10. The fourth-order valence-corrected chi connectivity index (χ4v) is 2.32. The number of methoxy groups -OCH3 is 2. The van der Waals surface area contributed by atoms with Crippen LogP contribution in [0.2, 0.25) is 0 Å². The summed E-state index contributed by atoms with van der Waals surface area (Å²) in [7, 11) is 4.80. The van der Waals surface area contributed by atoms with Crippen molar-refractivity contribution in [1.82, 2.24) is 9.80 Å². The van der Waals surface area contributed by atoms with Gasteiger partial charge in [0.1, 0.15) is 6.04 Å². The first-order chi connectivity index (χ1) is 9.99. The minimum atomic E-state index is -0.386. The maximum atomic E-state index is 12.0. The van der Waals surface area contributed by atoms with Crippen molar-refractivity contribution < 1.29 is 19.1 Å². The summed E-state index contributed by atoms with van der Waals surface area (Å²) >= 11 is 0. The summed E-state index contributed by atoms with van der Waals surface area (Å²) in [5.74, 6) is 1.14. The van der Waals surface area contributed by atoms with E-state index in [1.54, 1.807) is 28.2 Å². The van der Waals surface area contributed by atoms with Gasteiger partial charge in [-0.3, -0.25) is 9.69 Å². The summed E-state index contributed by atoms with van der Waals surface area (Å²) in [5.41, 5.74) is 0.982. The fraction of sp³-hybridized carbons (Fsp3) is 0.467. The number of carbonyl (C=O) groups is 2. The summed E-state index contributed by atoms with van der Waals surface area (Å²) in [4.78, 5) is 26.7. The van der Waals surface area contributed by atoms with Crippen LogP contribution in [-0.4, -0.2) is 55.6 Å². The zero-order chi connectivity index (χ0) is 15.6. The average Bonchev–Trinajstić information content (AvgIpc) is 2.69. The molecule has 0 saturated carbocycles. The van der Waals surface area contributed by atoms with Crippen molar-refractivity contribution >= 4 is 11.9 Å². The number of carbonyl (C=O) groups excluding carboxylic acids is 2. The number of hydrogen-bond acceptors (Lipinski definition) is 4. The zero-order valence-corrected chi connectivity index (χ0v) is 12.8. The van der Waals surface area contributed by atoms with Gasteiger partial charge in [0.05, 0.1) is 14.2 Å². The van der Waals surface area contributed by atoms with Crippen molar-refractivity contribution in [2.75, 3.05) is 27.8 Å². The Kier molecular flexibility index (Phi) is 4.35. The fourth-order valence-electron chi connectivity index (χ4n) is 2.32. The number of likely N-dealkylation sites (N-methyl/N-ethyl adjacent to an activating group) is 1. The van der Waals surface area contributed by atoms with Crippen LogP contribution in [0.1, 0.15) is 12.5 Å². The molecule has 0 bridgehead atoms. The van der Waals surface area contributed by atoms with Crippen molar-refractivity contribution in [1.29, 1.82) is 0 Å². The summed E-state index contributed by atoms with van der Waals surface area (Å²) in [6.07, 6.45) is 0.582. The van der Waals surface area contributed by atoms with Gasteiger partial charge in [-0.15, -0.1) is 0 Å². The predicted octanol–water partition coefficient (Wildman–Crippen LogP) is 1.53. The summed E-state index contributed by atoms with van der Waals surface area (Å²) < 4.78 is 10.4. The Balaban J connectivity index is 2.07. The summed E-state index contributed by atoms with van der Waals surface area (Å²) in [6, 6.07) is 4.95. The molecule has 0 N–H and O–H groups in total. The second-order valence-electron chi connectivity index (χ2n) is 5.00. The molecule has 6 heteroatoms. The molecule has 21 heavy (non-hydrogen) atoms. The van der Waals surface area contributed by atoms with E-state index in [0.29, 0.717) is 24.5 Å². The molecule has 1 fully saturated rings. The van der Waals surface area contributed by atoms with Crippen molar-refractivity contribution in [2.24, 2.45) is 0 Å². The van der Waals surface area contributed by atoms with Crippen LogP contribution in [-0.2, 0) is 11.2 Å². The molecule has 1 aliphatic rings. The van der Waals surface area contributed by atoms with Crippen LogP contribution in [0.25, 0.3) is 0 Å². The maximum absolute atomic E-state index is 12.0. The van der Waals surface area contributed by atoms with E-state index in [0.717, 1.165) is 5.56 Å². The summed E-state index contributed by atoms with van der Waals surface area (Å²) in [5, 5.41) is 0. The van der Waals surface area contributed by atoms with Crippen molar-refractivity contribution in [3.05, 3.63) is 23.8 Å². The van der Waals surface area contributed by atoms with Crippen LogP contribution in [0.5, 0.6) is 11.5 Å². The van der Waals surface area contributed by atoms with E-state index >= 15 is 0 Å². The van der Waals surface area contributed by atoms with Gasteiger partial charge in [0.2, 0.25) is 0 Å². The Morgan fingerprint density at radius 1 is 1.14 bits per heavy atom. The van der Waals surface area contributed by atoms with Crippen LogP contribution < -0.4 is 9.47 Å². The lowest BCUT2D eigenvalue weighted by molar-refractivity contribution is -0.127. The lowest BCUT2D eigenvalue weighted by Gasteiger charge is -2.15. The Labute approximate surface area is 124 Å². The van der Waals surface area contributed by atoms with Crippen LogP contribution >= 0.6 is 0 Å². The lowest BCUT2D eigenvalue weighted by Crippen LogP contribution is -2.33. The van der Waals surface area contributed by atoms with Crippen molar-refractivity contribution in [3.8, 4) is 11.5 Å². The van der Waals surface area contributed by atoms with E-state index < -0.39 is 0 Å². The number of benzene rings is 1. The molecule has 1 atom stereocenters. The lowest BCUT2D eigenvalue weighted by atomic mass is 10.1. The van der Waals surface area contributed by atoms with Gasteiger partial charge in [-0.25, -0.2) is 4.79 Å². The molecule has 6 nitrogen and oxygen atoms in total. The minimum Gasteiger partial charge on any atom is -0.493 e. The highest BCUT2D eigenvalue weighted by Crippen LogP contribution is 2.28. The van der Waals surface area contributed by atoms with Crippen molar-refractivity contribution in [2.45, 2.75) is 19.4 Å². The molecule has 1 aromatic carbocycles. The largest absolute Gasteiger partial charge is 0.493 e. The molecule has 0 radical (unpaired) electrons. The molecule has 0 aromatic heterocycles. The number of nitrogens with zero attached hydrogens (tertiary/aromatic N) is 2. The van der Waals surface area contributed by atoms with Gasteiger partial charge >= 0.3 is 6.03 Å². The molecule has 1 heterocycles. The highest BCUT2D eigenvalue weighted by Gasteiger charge is 2.39. The highest BCUT2D eigenvalue weighted by atomic mass is 16.5. The number of hydrogen-bond donors (Lipinski definition) is 0. The van der Waals surface area contributed by atoms with Gasteiger partial charge in [-0.2, -0.15) is 0 Å². The van der Waals surface area contributed by atoms with E-state index in [4.69, 9.17) is 9.47 Å². The average molecular weight is 292 g/mol. The second kappa shape index (κ2) is 6.03. The van der Waals surface area contributed by atoms with E-state index in [-0.39, 0.29) is 18.0 Å². The molecule has 3 amide bonds. The van der Waals surface area contributed by atoms with Crippen LogP contribution in [0.15, 0.2) is 18.2 Å². The molecule has 1 saturated heterocycles. The Hall–Kier alpha value is -2.24. The Bertz CT molecular complexity index is 539. The molecule has 2 rings (SSSR count). The zero-order valence-electron chi connectivity index (χ0n) is 12.8. The standard InChI is InChI=1S/C15H20N2O4/c1-10-14(18)17(15(19)16(10)2)8-7-11-5-6-12(20-3)13(9-11)21-4/h5-6,9-10H,7-8H2,1-4H3. The van der Waals surface area contributed by atoms with Crippen LogP contribution in [0.4, 0.5) is 4.79 Å². The van der Waals surface area contributed by atoms with Gasteiger partial charge in [-0.05, 0) is 31.0 Å². The maximum Gasteiger partial charge on any atom is 0.327 e. The molecule has 1 aromatic rings. The number of rotatable bonds is 5. The molecule has 0 spiro atoms. The van der Waals surface area contributed by atoms with Crippen molar-refractivity contribution in [3.63, 3.8) is 0 Å². The molecule has 1 unspecified atom stereocenters. The van der Waals surface area contributed by atoms with Gasteiger partial charge in [-0.1, -0.05) is 6.07 Å². The normalized spacial score (nSPS) is 18.4. The first-order valence-corrected chi connectivity index (χ1v) is 6.78. The third kappa shape index (κ3) is 2.79. The quantitative estimate of drug-likeness (QED) is 0.772. The van der Waals surface area contributed by atoms with Crippen LogP contribution in [0.3, 0.4) is 0 Å². The third-order valence-electron chi connectivity index (χ3n) is 3.81. The van der Waals surface area contributed by atoms with E-state index in [1.165, 1.54) is 9.80 Å². The first-order valence-electron chi connectivity index (χ1n) is 6.78. The Morgan fingerprint density at radius 2 is 1.81 bits per heavy atom. The first kappa shape index (κ1) is 15.2.